The quantitative estimate of drug-likeness (QED) is 0.777. The number of aryl methyl sites for hydroxylation is 2. The Morgan fingerprint density at radius 2 is 2.19 bits per heavy atom. The Bertz CT molecular complexity index is 945. The number of likely N-dealkylation sites (tertiary alicyclic amines) is 1. The number of aromatic nitrogens is 3. The Kier molecular flexibility index (Phi) is 4.24. The molecule has 0 radical (unpaired) electrons. The van der Waals surface area contributed by atoms with Crippen LogP contribution in [0, 0.1) is 6.92 Å². The minimum atomic E-state index is -0.576. The second-order valence-electron chi connectivity index (χ2n) is 6.77. The topological polar surface area (TPSA) is 84.4 Å². The van der Waals surface area contributed by atoms with Crippen molar-refractivity contribution in [3.8, 4) is 0 Å². The number of rotatable bonds is 4. The highest BCUT2D eigenvalue weighted by atomic mass is 16.5. The van der Waals surface area contributed by atoms with Crippen molar-refractivity contribution >= 4 is 16.8 Å². The van der Waals surface area contributed by atoms with E-state index >= 15 is 0 Å². The van der Waals surface area contributed by atoms with Gasteiger partial charge in [0, 0.05) is 36.6 Å². The summed E-state index contributed by atoms with van der Waals surface area (Å²) in [7, 11) is 0. The molecule has 1 aromatic carbocycles. The number of amides is 1. The van der Waals surface area contributed by atoms with Crippen LogP contribution in [0.3, 0.4) is 0 Å². The van der Waals surface area contributed by atoms with Gasteiger partial charge in [0.2, 0.25) is 11.8 Å². The molecule has 2 aromatic heterocycles. The van der Waals surface area contributed by atoms with Crippen molar-refractivity contribution in [2.24, 2.45) is 0 Å². The molecule has 0 saturated carbocycles. The van der Waals surface area contributed by atoms with E-state index in [0.29, 0.717) is 18.1 Å². The number of β-amino-alcohol motifs (C(OH)–C–C–N with tert-alkyl or cyclic N) is 1. The average Bonchev–Trinajstić information content (AvgIpc) is 3.32. The maximum atomic E-state index is 13.0. The molecule has 1 N–H and O–H groups in total. The zero-order valence-corrected chi connectivity index (χ0v) is 14.9. The van der Waals surface area contributed by atoms with Gasteiger partial charge in [0.15, 0.2) is 5.82 Å². The van der Waals surface area contributed by atoms with Gasteiger partial charge in [-0.3, -0.25) is 4.79 Å². The molecule has 1 aliphatic rings. The molecule has 0 aliphatic carbocycles. The third kappa shape index (κ3) is 2.88. The summed E-state index contributed by atoms with van der Waals surface area (Å²) in [6, 6.07) is 7.74. The average molecular weight is 354 g/mol. The van der Waals surface area contributed by atoms with Crippen LogP contribution in [-0.4, -0.2) is 43.3 Å². The smallest absolute Gasteiger partial charge is 0.249 e. The number of carbonyl (C=O) groups is 1. The van der Waals surface area contributed by atoms with Crippen molar-refractivity contribution in [3.63, 3.8) is 0 Å². The van der Waals surface area contributed by atoms with Crippen LogP contribution in [0.15, 0.2) is 35.0 Å². The van der Waals surface area contributed by atoms with Gasteiger partial charge in [-0.1, -0.05) is 23.4 Å². The van der Waals surface area contributed by atoms with Gasteiger partial charge < -0.3 is 19.1 Å². The first-order valence-electron chi connectivity index (χ1n) is 8.91. The van der Waals surface area contributed by atoms with E-state index in [0.717, 1.165) is 23.0 Å². The van der Waals surface area contributed by atoms with Gasteiger partial charge in [0.05, 0.1) is 12.5 Å². The second kappa shape index (κ2) is 6.57. The van der Waals surface area contributed by atoms with Crippen LogP contribution in [0.5, 0.6) is 0 Å². The molecule has 26 heavy (non-hydrogen) atoms. The lowest BCUT2D eigenvalue weighted by molar-refractivity contribution is -0.132. The molecule has 1 saturated heterocycles. The maximum Gasteiger partial charge on any atom is 0.249 e. The minimum Gasteiger partial charge on any atom is -0.391 e. The molecule has 136 valence electrons. The Hall–Kier alpha value is -2.67. The van der Waals surface area contributed by atoms with E-state index < -0.39 is 6.10 Å². The highest BCUT2D eigenvalue weighted by Crippen LogP contribution is 2.32. The fourth-order valence-electron chi connectivity index (χ4n) is 3.76. The summed E-state index contributed by atoms with van der Waals surface area (Å²) >= 11 is 0. The number of fused-ring (bicyclic) bond motifs is 1. The van der Waals surface area contributed by atoms with Gasteiger partial charge in [-0.05, 0) is 25.5 Å². The first kappa shape index (κ1) is 16.8. The van der Waals surface area contributed by atoms with Crippen molar-refractivity contribution in [2.75, 3.05) is 6.54 Å². The SMILES string of the molecule is CCn1cc(CC(=O)N2C[C@@H](O)C[C@@H]2c2nc(C)no2)c2ccccc21. The largest absolute Gasteiger partial charge is 0.391 e. The van der Waals surface area contributed by atoms with Gasteiger partial charge in [-0.2, -0.15) is 4.98 Å². The summed E-state index contributed by atoms with van der Waals surface area (Å²) < 4.78 is 7.40. The summed E-state index contributed by atoms with van der Waals surface area (Å²) in [4.78, 5) is 18.9. The lowest BCUT2D eigenvalue weighted by Gasteiger charge is -2.21. The zero-order chi connectivity index (χ0) is 18.3. The summed E-state index contributed by atoms with van der Waals surface area (Å²) in [5, 5.41) is 15.0. The van der Waals surface area contributed by atoms with Crippen LogP contribution >= 0.6 is 0 Å². The number of hydrogen-bond donors (Lipinski definition) is 1. The Morgan fingerprint density at radius 3 is 2.92 bits per heavy atom. The number of hydrogen-bond acceptors (Lipinski definition) is 5. The Labute approximate surface area is 151 Å². The molecular formula is C19H22N4O3. The van der Waals surface area contributed by atoms with E-state index in [1.807, 2.05) is 24.4 Å². The Balaban J connectivity index is 1.61. The molecule has 1 aliphatic heterocycles. The number of para-hydroxylation sites is 1. The number of carbonyl (C=O) groups excluding carboxylic acids is 1. The molecule has 3 aromatic rings. The fourth-order valence-corrected chi connectivity index (χ4v) is 3.76. The second-order valence-corrected chi connectivity index (χ2v) is 6.77. The third-order valence-electron chi connectivity index (χ3n) is 4.98. The van der Waals surface area contributed by atoms with Crippen molar-refractivity contribution in [3.05, 3.63) is 47.7 Å². The number of aliphatic hydroxyl groups is 1. The van der Waals surface area contributed by atoms with Crippen LogP contribution in [0.1, 0.15) is 36.7 Å². The molecule has 1 amide bonds. The van der Waals surface area contributed by atoms with Crippen LogP contribution in [0.25, 0.3) is 10.9 Å². The van der Waals surface area contributed by atoms with Crippen molar-refractivity contribution in [1.82, 2.24) is 19.6 Å². The molecule has 7 nitrogen and oxygen atoms in total. The molecule has 0 unspecified atom stereocenters. The molecule has 4 rings (SSSR count). The molecule has 0 spiro atoms. The van der Waals surface area contributed by atoms with Crippen LogP contribution < -0.4 is 0 Å². The van der Waals surface area contributed by atoms with E-state index in [2.05, 4.69) is 27.7 Å². The highest BCUT2D eigenvalue weighted by molar-refractivity contribution is 5.89. The standard InChI is InChI=1S/C19H22N4O3/c1-3-22-10-13(15-6-4-5-7-16(15)22)8-18(25)23-11-14(24)9-17(23)19-20-12(2)21-26-19/h4-7,10,14,17,24H,3,8-9,11H2,1-2H3/t14-,17+/m0/s1. The van der Waals surface area contributed by atoms with E-state index in [9.17, 15) is 9.90 Å². The lowest BCUT2D eigenvalue weighted by Crippen LogP contribution is -2.33. The summed E-state index contributed by atoms with van der Waals surface area (Å²) in [6.07, 6.45) is 2.17. The van der Waals surface area contributed by atoms with Crippen molar-refractivity contribution < 1.29 is 14.4 Å². The van der Waals surface area contributed by atoms with Gasteiger partial charge in [0.25, 0.3) is 0 Å². The van der Waals surface area contributed by atoms with E-state index in [1.54, 1.807) is 11.8 Å². The van der Waals surface area contributed by atoms with E-state index in [4.69, 9.17) is 4.52 Å². The van der Waals surface area contributed by atoms with Gasteiger partial charge >= 0.3 is 0 Å². The van der Waals surface area contributed by atoms with Gasteiger partial charge in [-0.15, -0.1) is 0 Å². The molecule has 1 fully saturated rings. The van der Waals surface area contributed by atoms with Crippen LogP contribution in [0.2, 0.25) is 0 Å². The predicted octanol–water partition coefficient (Wildman–Crippen LogP) is 2.23. The molecule has 2 atom stereocenters. The number of nitrogens with zero attached hydrogens (tertiary/aromatic N) is 4. The van der Waals surface area contributed by atoms with E-state index in [-0.39, 0.29) is 24.9 Å². The lowest BCUT2D eigenvalue weighted by atomic mass is 10.1. The molecular weight excluding hydrogens is 332 g/mol. The predicted molar refractivity (Wildman–Crippen MR) is 95.4 cm³/mol. The monoisotopic (exact) mass is 354 g/mol. The molecule has 7 heteroatoms. The third-order valence-corrected chi connectivity index (χ3v) is 4.98. The summed E-state index contributed by atoms with van der Waals surface area (Å²) in [6.45, 7) is 4.96. The number of aliphatic hydroxyl groups excluding tert-OH is 1. The van der Waals surface area contributed by atoms with Crippen molar-refractivity contribution in [1.29, 1.82) is 0 Å². The van der Waals surface area contributed by atoms with Crippen LogP contribution in [0.4, 0.5) is 0 Å². The first-order valence-corrected chi connectivity index (χ1v) is 8.91. The van der Waals surface area contributed by atoms with Crippen molar-refractivity contribution in [2.45, 2.75) is 45.4 Å². The minimum absolute atomic E-state index is 0.0404. The molecule has 3 heterocycles. The Morgan fingerprint density at radius 1 is 1.38 bits per heavy atom. The van der Waals surface area contributed by atoms with Crippen LogP contribution in [-0.2, 0) is 17.8 Å². The maximum absolute atomic E-state index is 13.0. The number of benzene rings is 1. The fraction of sp³-hybridized carbons (Fsp3) is 0.421. The zero-order valence-electron chi connectivity index (χ0n) is 14.9. The van der Waals surface area contributed by atoms with Gasteiger partial charge in [-0.25, -0.2) is 0 Å². The summed E-state index contributed by atoms with van der Waals surface area (Å²) in [5.74, 6) is 0.879. The van der Waals surface area contributed by atoms with Gasteiger partial charge in [0.1, 0.15) is 6.04 Å². The highest BCUT2D eigenvalue weighted by Gasteiger charge is 2.38. The summed E-state index contributed by atoms with van der Waals surface area (Å²) in [5.41, 5.74) is 2.12. The molecule has 0 bridgehead atoms. The normalized spacial score (nSPS) is 20.2. The van der Waals surface area contributed by atoms with E-state index in [1.165, 1.54) is 0 Å². The first-order chi connectivity index (χ1) is 12.6.